The normalized spacial score (nSPS) is 14.4. The van der Waals surface area contributed by atoms with Gasteiger partial charge in [0.2, 0.25) is 0 Å². The van der Waals surface area contributed by atoms with Crippen LogP contribution in [0.4, 0.5) is 0 Å². The topological polar surface area (TPSA) is 38.7 Å². The molecule has 0 N–H and O–H groups in total. The molecule has 0 unspecified atom stereocenters. The molecule has 0 aliphatic carbocycles. The molecular weight excluding hydrogens is 615 g/mol. The van der Waals surface area contributed by atoms with Crippen molar-refractivity contribution in [3.8, 4) is 67.5 Å². The van der Waals surface area contributed by atoms with E-state index in [9.17, 15) is 2.74 Å². The second kappa shape index (κ2) is 12.4. The highest BCUT2D eigenvalue weighted by Gasteiger charge is 2.17. The molecular formula is C45H29N3S. The van der Waals surface area contributed by atoms with Gasteiger partial charge in [-0.1, -0.05) is 158 Å². The first kappa shape index (κ1) is 19.6. The quantitative estimate of drug-likeness (QED) is 0.179. The lowest BCUT2D eigenvalue weighted by molar-refractivity contribution is 1.07. The summed E-state index contributed by atoms with van der Waals surface area (Å²) in [5, 5.41) is -0.0169. The molecule has 7 aromatic carbocycles. The number of aromatic nitrogens is 3. The van der Waals surface area contributed by atoms with Crippen molar-refractivity contribution in [2.75, 3.05) is 0 Å². The molecule has 2 aromatic heterocycles. The lowest BCUT2D eigenvalue weighted by atomic mass is 9.97. The zero-order valence-corrected chi connectivity index (χ0v) is 26.5. The van der Waals surface area contributed by atoms with Crippen molar-refractivity contribution in [2.45, 2.75) is 0 Å². The number of nitrogens with zero attached hydrogens (tertiary/aromatic N) is 3. The summed E-state index contributed by atoms with van der Waals surface area (Å²) in [4.78, 5) is 14.4. The maximum Gasteiger partial charge on any atom is 0.164 e. The van der Waals surface area contributed by atoms with E-state index in [0.717, 1.165) is 33.6 Å². The number of benzene rings is 7. The van der Waals surface area contributed by atoms with Gasteiger partial charge in [0, 0.05) is 36.9 Å². The molecule has 0 radical (unpaired) electrons. The van der Waals surface area contributed by atoms with E-state index in [1.807, 2.05) is 72.8 Å². The van der Waals surface area contributed by atoms with Crippen molar-refractivity contribution < 1.29 is 15.1 Å². The summed E-state index contributed by atoms with van der Waals surface area (Å²) in [6.45, 7) is 0. The molecule has 0 amide bonds. The molecule has 2 heterocycles. The summed E-state index contributed by atoms with van der Waals surface area (Å²) in [7, 11) is 0. The molecule has 9 rings (SSSR count). The molecule has 0 aliphatic rings. The second-order valence-corrected chi connectivity index (χ2v) is 12.2. The monoisotopic (exact) mass is 654 g/mol. The summed E-state index contributed by atoms with van der Waals surface area (Å²) < 4.78 is 97.1. The van der Waals surface area contributed by atoms with Crippen LogP contribution < -0.4 is 0 Å². The summed E-state index contributed by atoms with van der Waals surface area (Å²) in [5.74, 6) is 0.362. The van der Waals surface area contributed by atoms with E-state index in [2.05, 4.69) is 36.4 Å². The number of thiophene rings is 1. The Morgan fingerprint density at radius 2 is 0.857 bits per heavy atom. The smallest absolute Gasteiger partial charge is 0.164 e. The van der Waals surface area contributed by atoms with Gasteiger partial charge in [0.05, 0.1) is 15.1 Å². The fourth-order valence-corrected chi connectivity index (χ4v) is 6.80. The molecule has 4 heteroatoms. The molecule has 3 nitrogen and oxygen atoms in total. The second-order valence-electron chi connectivity index (χ2n) is 11.2. The van der Waals surface area contributed by atoms with Gasteiger partial charge in [-0.05, 0) is 51.5 Å². The molecule has 0 spiro atoms. The van der Waals surface area contributed by atoms with Gasteiger partial charge in [-0.25, -0.2) is 15.0 Å². The van der Waals surface area contributed by atoms with Crippen molar-refractivity contribution in [3.63, 3.8) is 0 Å². The Balaban J connectivity index is 1.29. The molecule has 0 saturated carbocycles. The van der Waals surface area contributed by atoms with Crippen LogP contribution in [0.25, 0.3) is 87.7 Å². The van der Waals surface area contributed by atoms with Crippen LogP contribution in [0.5, 0.6) is 0 Å². The minimum atomic E-state index is -0.652. The standard InChI is InChI=1S/C45H29N3S/c1-4-12-30(13-5-1)31-20-22-32(23-21-31)33-24-26-36(27-25-33)44-46-43(35-16-8-3-9-17-35)47-45(48-44)37-28-39(34-14-6-2-7-15-34)42-38-18-10-11-19-40(38)49-41(42)29-37/h1-29H/i2D,6D,7D,10D,11D,14D,15D,18D,19D,28D,29D. The molecule has 49 heavy (non-hydrogen) atoms. The Bertz CT molecular complexity index is 3170. The van der Waals surface area contributed by atoms with E-state index < -0.39 is 54.4 Å². The molecule has 230 valence electrons. The highest BCUT2D eigenvalue weighted by Crippen LogP contribution is 2.42. The largest absolute Gasteiger partial charge is 0.208 e. The van der Waals surface area contributed by atoms with Gasteiger partial charge in [-0.2, -0.15) is 0 Å². The fraction of sp³-hybridized carbons (Fsp3) is 0. The summed E-state index contributed by atoms with van der Waals surface area (Å²) in [6, 6.07) is 29.3. The van der Waals surface area contributed by atoms with Crippen LogP contribution in [0, 0.1) is 0 Å². The first-order valence-corrected chi connectivity index (χ1v) is 16.3. The zero-order chi connectivity index (χ0) is 42.1. The van der Waals surface area contributed by atoms with Gasteiger partial charge in [0.1, 0.15) is 0 Å². The van der Waals surface area contributed by atoms with Crippen molar-refractivity contribution in [2.24, 2.45) is 0 Å². The number of hydrogen-bond acceptors (Lipinski definition) is 4. The average Bonchev–Trinajstić information content (AvgIpc) is 3.69. The molecule has 9 aromatic rings. The van der Waals surface area contributed by atoms with Crippen molar-refractivity contribution >= 4 is 31.5 Å². The lowest BCUT2D eigenvalue weighted by Gasteiger charge is -2.11. The average molecular weight is 655 g/mol. The third kappa shape index (κ3) is 5.58. The SMILES string of the molecule is [2H]c1c([2H])c([2H])c(-c2c([2H])c(-c3nc(-c4ccccc4)nc(-c4ccc(-c5ccc(-c6ccccc6)cc5)cc4)n3)c([2H])c3sc4c([2H])c([2H])c([2H])c([2H])c4c23)c([2H])c1[2H]. The van der Waals surface area contributed by atoms with Gasteiger partial charge >= 0.3 is 0 Å². The summed E-state index contributed by atoms with van der Waals surface area (Å²) in [5.41, 5.74) is 4.69. The van der Waals surface area contributed by atoms with Gasteiger partial charge in [0.25, 0.3) is 0 Å². The van der Waals surface area contributed by atoms with Crippen LogP contribution in [0.3, 0.4) is 0 Å². The zero-order valence-electron chi connectivity index (χ0n) is 36.6. The molecule has 0 saturated heterocycles. The van der Waals surface area contributed by atoms with Crippen LogP contribution in [0.2, 0.25) is 0 Å². The van der Waals surface area contributed by atoms with E-state index in [-0.39, 0.29) is 66.4 Å². The fourth-order valence-electron chi connectivity index (χ4n) is 5.78. The van der Waals surface area contributed by atoms with Crippen LogP contribution in [-0.2, 0) is 0 Å². The number of rotatable bonds is 6. The van der Waals surface area contributed by atoms with E-state index >= 15 is 0 Å². The van der Waals surface area contributed by atoms with E-state index in [4.69, 9.17) is 27.3 Å². The minimum Gasteiger partial charge on any atom is -0.208 e. The van der Waals surface area contributed by atoms with Crippen LogP contribution in [-0.4, -0.2) is 15.0 Å². The van der Waals surface area contributed by atoms with E-state index in [1.165, 1.54) is 0 Å². The Morgan fingerprint density at radius 1 is 0.388 bits per heavy atom. The van der Waals surface area contributed by atoms with Crippen molar-refractivity contribution in [1.82, 2.24) is 15.0 Å². The Labute approximate surface area is 304 Å². The Morgan fingerprint density at radius 3 is 1.47 bits per heavy atom. The summed E-state index contributed by atoms with van der Waals surface area (Å²) >= 11 is 0.896. The molecule has 0 aliphatic heterocycles. The Hall–Kier alpha value is -6.23. The lowest BCUT2D eigenvalue weighted by Crippen LogP contribution is -2.00. The third-order valence-electron chi connectivity index (χ3n) is 8.18. The highest BCUT2D eigenvalue weighted by atomic mass is 32.1. The predicted octanol–water partition coefficient (Wildman–Crippen LogP) is 12.2. The van der Waals surface area contributed by atoms with Gasteiger partial charge in [-0.3, -0.25) is 0 Å². The van der Waals surface area contributed by atoms with Crippen LogP contribution in [0.15, 0.2) is 176 Å². The van der Waals surface area contributed by atoms with Crippen molar-refractivity contribution in [3.05, 3.63) is 176 Å². The highest BCUT2D eigenvalue weighted by molar-refractivity contribution is 7.26. The van der Waals surface area contributed by atoms with Crippen LogP contribution in [0.1, 0.15) is 15.1 Å². The first-order chi connectivity index (χ1) is 28.8. The van der Waals surface area contributed by atoms with E-state index in [0.29, 0.717) is 11.1 Å². The number of fused-ring (bicyclic) bond motifs is 3. The van der Waals surface area contributed by atoms with Gasteiger partial charge in [-0.15, -0.1) is 11.3 Å². The van der Waals surface area contributed by atoms with Crippen LogP contribution >= 0.6 is 11.3 Å². The first-order valence-electron chi connectivity index (χ1n) is 21.0. The van der Waals surface area contributed by atoms with Gasteiger partial charge in [0.15, 0.2) is 17.5 Å². The number of hydrogen-bond donors (Lipinski definition) is 0. The molecule has 0 atom stereocenters. The third-order valence-corrected chi connectivity index (χ3v) is 9.20. The molecule has 0 bridgehead atoms. The van der Waals surface area contributed by atoms with Gasteiger partial charge < -0.3 is 0 Å². The Kier molecular flexibility index (Phi) is 4.96. The minimum absolute atomic E-state index is 0.00392. The summed E-state index contributed by atoms with van der Waals surface area (Å²) in [6.07, 6.45) is 0. The maximum absolute atomic E-state index is 9.77. The maximum atomic E-state index is 9.77. The predicted molar refractivity (Wildman–Crippen MR) is 205 cm³/mol. The van der Waals surface area contributed by atoms with E-state index in [1.54, 1.807) is 0 Å². The molecule has 0 fully saturated rings. The van der Waals surface area contributed by atoms with Crippen molar-refractivity contribution in [1.29, 1.82) is 0 Å².